The Morgan fingerprint density at radius 1 is 1.07 bits per heavy atom. The molecule has 2 amide bonds. The van der Waals surface area contributed by atoms with Gasteiger partial charge in [-0.3, -0.25) is 14.5 Å². The molecule has 0 saturated carbocycles. The van der Waals surface area contributed by atoms with E-state index in [1.165, 1.54) is 0 Å². The van der Waals surface area contributed by atoms with Gasteiger partial charge in [-0.05, 0) is 70.3 Å². The first kappa shape index (κ1) is 20.9. The van der Waals surface area contributed by atoms with Crippen molar-refractivity contribution in [2.75, 3.05) is 19.6 Å². The number of likely N-dealkylation sites (tertiary alicyclic amines) is 2. The number of benzene rings is 1. The number of amides is 2. The van der Waals surface area contributed by atoms with Crippen LogP contribution in [0.5, 0.6) is 0 Å². The number of halogens is 1. The molecule has 2 fully saturated rings. The number of nitrogens with two attached hydrogens (primary N) is 1. The van der Waals surface area contributed by atoms with Gasteiger partial charge in [0.25, 0.3) is 5.91 Å². The third-order valence-electron chi connectivity index (χ3n) is 6.57. The number of carbonyl (C=O) groups excluding carboxylic acids is 2. The maximum absolute atomic E-state index is 13.3. The number of nitrogens with zero attached hydrogens (tertiary/aromatic N) is 3. The van der Waals surface area contributed by atoms with E-state index in [9.17, 15) is 9.59 Å². The first-order chi connectivity index (χ1) is 14.4. The van der Waals surface area contributed by atoms with Crippen molar-refractivity contribution >= 4 is 23.4 Å². The number of carbonyl (C=O) groups is 2. The zero-order valence-electron chi connectivity index (χ0n) is 17.6. The lowest BCUT2D eigenvalue weighted by Gasteiger charge is -2.38. The van der Waals surface area contributed by atoms with Crippen LogP contribution >= 0.6 is 11.6 Å². The zero-order valence-corrected chi connectivity index (χ0v) is 18.4. The first-order valence-electron chi connectivity index (χ1n) is 10.7. The molecule has 0 spiro atoms. The fourth-order valence-electron chi connectivity index (χ4n) is 5.09. The van der Waals surface area contributed by atoms with Gasteiger partial charge in [0, 0.05) is 41.2 Å². The van der Waals surface area contributed by atoms with E-state index in [-0.39, 0.29) is 17.9 Å². The van der Waals surface area contributed by atoms with Crippen LogP contribution in [0.1, 0.15) is 47.4 Å². The molecule has 3 heterocycles. The molecule has 0 aliphatic carbocycles. The molecule has 30 heavy (non-hydrogen) atoms. The number of aromatic nitrogens is 1. The van der Waals surface area contributed by atoms with Crippen LogP contribution in [0.15, 0.2) is 30.3 Å². The van der Waals surface area contributed by atoms with Gasteiger partial charge in [-0.15, -0.1) is 0 Å². The fourth-order valence-corrected chi connectivity index (χ4v) is 5.28. The van der Waals surface area contributed by atoms with Crippen LogP contribution in [0.2, 0.25) is 5.02 Å². The van der Waals surface area contributed by atoms with Crippen LogP contribution in [0.3, 0.4) is 0 Å². The monoisotopic (exact) mass is 428 g/mol. The normalized spacial score (nSPS) is 20.6. The molecule has 160 valence electrons. The number of hydrogen-bond donors (Lipinski definition) is 1. The second kappa shape index (κ2) is 8.44. The number of piperidine rings is 1. The van der Waals surface area contributed by atoms with Gasteiger partial charge in [-0.1, -0.05) is 17.7 Å². The summed E-state index contributed by atoms with van der Waals surface area (Å²) in [5.74, 6) is -0.151. The highest BCUT2D eigenvalue weighted by Gasteiger charge is 2.36. The maximum Gasteiger partial charge on any atom is 0.255 e. The summed E-state index contributed by atoms with van der Waals surface area (Å²) in [5, 5.41) is 0.672. The molecular weight excluding hydrogens is 400 g/mol. The van der Waals surface area contributed by atoms with Crippen molar-refractivity contribution in [3.63, 3.8) is 0 Å². The predicted octanol–water partition coefficient (Wildman–Crippen LogP) is 3.30. The van der Waals surface area contributed by atoms with E-state index < -0.39 is 0 Å². The van der Waals surface area contributed by atoms with Crippen LogP contribution in [-0.4, -0.2) is 57.9 Å². The van der Waals surface area contributed by atoms with E-state index in [4.69, 9.17) is 17.3 Å². The predicted molar refractivity (Wildman–Crippen MR) is 118 cm³/mol. The number of aryl methyl sites for hydroxylation is 1. The lowest BCUT2D eigenvalue weighted by atomic mass is 10.0. The summed E-state index contributed by atoms with van der Waals surface area (Å²) in [7, 11) is 0. The third-order valence-corrected chi connectivity index (χ3v) is 6.81. The lowest BCUT2D eigenvalue weighted by Crippen LogP contribution is -2.51. The molecule has 2 aromatic rings. The molecule has 1 aromatic heterocycles. The van der Waals surface area contributed by atoms with Gasteiger partial charge < -0.3 is 15.2 Å². The minimum absolute atomic E-state index is 0.0719. The molecule has 2 aliphatic heterocycles. The van der Waals surface area contributed by atoms with Crippen LogP contribution in [0.25, 0.3) is 5.69 Å². The highest BCUT2D eigenvalue weighted by Crippen LogP contribution is 2.28. The zero-order chi connectivity index (χ0) is 21.4. The van der Waals surface area contributed by atoms with Crippen molar-refractivity contribution in [1.82, 2.24) is 14.4 Å². The third kappa shape index (κ3) is 3.86. The topological polar surface area (TPSA) is 71.6 Å². The van der Waals surface area contributed by atoms with Gasteiger partial charge in [0.2, 0.25) is 5.91 Å². The van der Waals surface area contributed by atoms with Gasteiger partial charge in [-0.25, -0.2) is 0 Å². The Kier molecular flexibility index (Phi) is 5.89. The lowest BCUT2D eigenvalue weighted by molar-refractivity contribution is -0.123. The average Bonchev–Trinajstić information content (AvgIpc) is 3.32. The largest absolute Gasteiger partial charge is 0.368 e. The highest BCUT2D eigenvalue weighted by atomic mass is 35.5. The van der Waals surface area contributed by atoms with Crippen molar-refractivity contribution in [3.05, 3.63) is 52.3 Å². The smallest absolute Gasteiger partial charge is 0.255 e. The molecule has 1 unspecified atom stereocenters. The molecule has 2 aliphatic rings. The highest BCUT2D eigenvalue weighted by molar-refractivity contribution is 6.30. The first-order valence-corrected chi connectivity index (χ1v) is 11.0. The molecule has 1 atom stereocenters. The minimum Gasteiger partial charge on any atom is -0.368 e. The number of hydrogen-bond acceptors (Lipinski definition) is 3. The Morgan fingerprint density at radius 3 is 2.47 bits per heavy atom. The molecule has 1 aromatic carbocycles. The summed E-state index contributed by atoms with van der Waals surface area (Å²) in [4.78, 5) is 29.2. The molecule has 2 N–H and O–H groups in total. The average molecular weight is 429 g/mol. The Balaban J connectivity index is 1.47. The molecule has 6 nitrogen and oxygen atoms in total. The summed E-state index contributed by atoms with van der Waals surface area (Å²) in [6.45, 7) is 6.31. The molecule has 2 saturated heterocycles. The van der Waals surface area contributed by atoms with Crippen LogP contribution < -0.4 is 5.73 Å². The summed E-state index contributed by atoms with van der Waals surface area (Å²) in [5.41, 5.74) is 9.21. The van der Waals surface area contributed by atoms with Crippen LogP contribution in [-0.2, 0) is 4.79 Å². The molecule has 0 radical (unpaired) electrons. The molecule has 4 rings (SSSR count). The SMILES string of the molecule is Cc1cc(C(=O)N2CCC(N3CCCC3C(N)=O)CC2)c(C)n1-c1cccc(Cl)c1. The quantitative estimate of drug-likeness (QED) is 0.812. The Hall–Kier alpha value is -2.31. The maximum atomic E-state index is 13.3. The van der Waals surface area contributed by atoms with Crippen molar-refractivity contribution in [2.24, 2.45) is 5.73 Å². The molecular formula is C23H29ClN4O2. The standard InChI is InChI=1S/C23H29ClN4O2/c1-15-13-20(16(2)28(15)19-6-3-5-17(24)14-19)23(30)26-11-8-18(9-12-26)27-10-4-7-21(27)22(25)29/h3,5-6,13-14,18,21H,4,7-12H2,1-2H3,(H2,25,29). The van der Waals surface area contributed by atoms with Gasteiger partial charge in [0.15, 0.2) is 0 Å². The molecule has 7 heteroatoms. The Morgan fingerprint density at radius 2 is 1.80 bits per heavy atom. The van der Waals surface area contributed by atoms with Crippen LogP contribution in [0.4, 0.5) is 0 Å². The van der Waals surface area contributed by atoms with Gasteiger partial charge in [-0.2, -0.15) is 0 Å². The van der Waals surface area contributed by atoms with E-state index in [0.29, 0.717) is 24.2 Å². The van der Waals surface area contributed by atoms with E-state index in [2.05, 4.69) is 9.47 Å². The summed E-state index contributed by atoms with van der Waals surface area (Å²) in [6, 6.07) is 9.82. The van der Waals surface area contributed by atoms with Crippen molar-refractivity contribution in [1.29, 1.82) is 0 Å². The Labute approximate surface area is 182 Å². The summed E-state index contributed by atoms with van der Waals surface area (Å²) in [6.07, 6.45) is 3.62. The molecule has 0 bridgehead atoms. The van der Waals surface area contributed by atoms with Gasteiger partial charge in [0.1, 0.15) is 0 Å². The van der Waals surface area contributed by atoms with Gasteiger partial charge in [0.05, 0.1) is 11.6 Å². The van der Waals surface area contributed by atoms with E-state index >= 15 is 0 Å². The van der Waals surface area contributed by atoms with Crippen molar-refractivity contribution in [3.8, 4) is 5.69 Å². The van der Waals surface area contributed by atoms with Crippen LogP contribution in [0, 0.1) is 13.8 Å². The minimum atomic E-state index is -0.223. The van der Waals surface area contributed by atoms with E-state index in [1.54, 1.807) is 0 Å². The Bertz CT molecular complexity index is 962. The van der Waals surface area contributed by atoms with Gasteiger partial charge >= 0.3 is 0 Å². The van der Waals surface area contributed by atoms with E-state index in [1.807, 2.05) is 49.1 Å². The van der Waals surface area contributed by atoms with Crippen molar-refractivity contribution < 1.29 is 9.59 Å². The second-order valence-corrected chi connectivity index (χ2v) is 8.86. The number of rotatable bonds is 4. The van der Waals surface area contributed by atoms with E-state index in [0.717, 1.165) is 54.9 Å². The summed E-state index contributed by atoms with van der Waals surface area (Å²) < 4.78 is 2.08. The fraction of sp³-hybridized carbons (Fsp3) is 0.478. The van der Waals surface area contributed by atoms with Crippen molar-refractivity contribution in [2.45, 2.75) is 51.6 Å². The second-order valence-electron chi connectivity index (χ2n) is 8.42. The number of primary amides is 1. The summed E-state index contributed by atoms with van der Waals surface area (Å²) >= 11 is 6.17.